The topological polar surface area (TPSA) is 68.3 Å². The molecule has 0 saturated carbocycles. The van der Waals surface area contributed by atoms with Crippen LogP contribution in [0.15, 0.2) is 97.1 Å². The van der Waals surface area contributed by atoms with Gasteiger partial charge in [-0.05, 0) is 0 Å². The molecule has 0 aliphatic carbocycles. The molecule has 0 atom stereocenters. The van der Waals surface area contributed by atoms with Gasteiger partial charge in [0, 0.05) is 0 Å². The molecular weight excluding hydrogens is 661 g/mol. The number of hydrogen-bond donors (Lipinski definition) is 0. The van der Waals surface area contributed by atoms with E-state index in [4.69, 9.17) is 46.4 Å². The van der Waals surface area contributed by atoms with Crippen molar-refractivity contribution < 1.29 is 19.2 Å². The Hall–Kier alpha value is -2.48. The maximum atomic E-state index is 14.3. The van der Waals surface area contributed by atoms with Crippen LogP contribution in [0.25, 0.3) is 0 Å². The molecule has 0 radical (unpaired) electrons. The second kappa shape index (κ2) is 11.5. The first-order chi connectivity index (χ1) is 17.6. The van der Waals surface area contributed by atoms with E-state index < -0.39 is 33.6 Å². The van der Waals surface area contributed by atoms with Crippen LogP contribution in [0.4, 0.5) is 0 Å². The van der Waals surface area contributed by atoms with Crippen LogP contribution < -0.4 is 0 Å². The van der Waals surface area contributed by atoms with Crippen molar-refractivity contribution in [3.63, 3.8) is 0 Å². The van der Waals surface area contributed by atoms with Gasteiger partial charge in [0.15, 0.2) is 0 Å². The quantitative estimate of drug-likeness (QED) is 0.179. The molecule has 0 unspecified atom stereocenters. The minimum absolute atomic E-state index is 0.0483. The summed E-state index contributed by atoms with van der Waals surface area (Å²) in [7, 11) is 0. The van der Waals surface area contributed by atoms with Crippen molar-refractivity contribution in [2.24, 2.45) is 0 Å². The molecule has 0 fully saturated rings. The molecule has 0 N–H and O–H groups in total. The van der Waals surface area contributed by atoms with Gasteiger partial charge in [0.1, 0.15) is 0 Å². The van der Waals surface area contributed by atoms with Crippen LogP contribution in [0.1, 0.15) is 41.4 Å². The predicted molar refractivity (Wildman–Crippen MR) is 149 cm³/mol. The van der Waals surface area contributed by atoms with Gasteiger partial charge in [-0.1, -0.05) is 0 Å². The Bertz CT molecular complexity index is 1260. The molecule has 0 aromatic heterocycles. The van der Waals surface area contributed by atoms with Crippen LogP contribution in [-0.4, -0.2) is 33.6 Å². The summed E-state index contributed by atoms with van der Waals surface area (Å²) < 4.78 is -3.15. The normalized spacial score (nSPS) is 11.1. The summed E-state index contributed by atoms with van der Waals surface area (Å²) >= 11 is 18.0. The summed E-state index contributed by atoms with van der Waals surface area (Å²) in [5, 5.41) is 1.42. The second-order valence-electron chi connectivity index (χ2n) is 8.09. The SMILES string of the molecule is O=[C](c1ccc(Cl)cc1)[Sn]([C](=O)c1ccc(Cl)cc1)([C](=O)c1ccc(Cl)cc1)[C](=O)c1ccc(Cl)cc1. The van der Waals surface area contributed by atoms with Gasteiger partial charge in [-0.25, -0.2) is 0 Å². The van der Waals surface area contributed by atoms with Crippen LogP contribution >= 0.6 is 46.4 Å². The van der Waals surface area contributed by atoms with Gasteiger partial charge in [-0.3, -0.25) is 0 Å². The third-order valence-corrected chi connectivity index (χ3v) is 17.9. The molecule has 4 aromatic carbocycles. The summed E-state index contributed by atoms with van der Waals surface area (Å²) in [6, 6.07) is 23.1. The van der Waals surface area contributed by atoms with Crippen molar-refractivity contribution in [3.8, 4) is 0 Å². The van der Waals surface area contributed by atoms with Crippen molar-refractivity contribution in [1.82, 2.24) is 0 Å². The van der Waals surface area contributed by atoms with Crippen molar-refractivity contribution in [3.05, 3.63) is 139 Å². The Morgan fingerprint density at radius 3 is 0.676 bits per heavy atom. The van der Waals surface area contributed by atoms with E-state index in [1.807, 2.05) is 0 Å². The molecule has 0 saturated heterocycles. The van der Waals surface area contributed by atoms with E-state index in [0.29, 0.717) is 20.1 Å². The fourth-order valence-electron chi connectivity index (χ4n) is 3.89. The van der Waals surface area contributed by atoms with E-state index in [-0.39, 0.29) is 22.3 Å². The zero-order valence-electron chi connectivity index (χ0n) is 18.9. The van der Waals surface area contributed by atoms with Crippen LogP contribution in [0.5, 0.6) is 0 Å². The van der Waals surface area contributed by atoms with Gasteiger partial charge in [0.2, 0.25) is 0 Å². The van der Waals surface area contributed by atoms with Crippen molar-refractivity contribution >= 4 is 80.0 Å². The number of rotatable bonds is 8. The molecule has 184 valence electrons. The molecule has 0 bridgehead atoms. The van der Waals surface area contributed by atoms with Crippen molar-refractivity contribution in [2.45, 2.75) is 0 Å². The van der Waals surface area contributed by atoms with Gasteiger partial charge in [0.25, 0.3) is 0 Å². The van der Waals surface area contributed by atoms with E-state index in [2.05, 4.69) is 0 Å². The van der Waals surface area contributed by atoms with Gasteiger partial charge in [-0.2, -0.15) is 0 Å². The monoisotopic (exact) mass is 676 g/mol. The Kier molecular flexibility index (Phi) is 8.56. The number of carbonyl (C=O) groups excluding carboxylic acids is 4. The number of carbonyl (C=O) groups is 4. The molecule has 37 heavy (non-hydrogen) atoms. The number of hydrogen-bond acceptors (Lipinski definition) is 4. The van der Waals surface area contributed by atoms with Gasteiger partial charge in [-0.15, -0.1) is 0 Å². The molecule has 9 heteroatoms. The maximum absolute atomic E-state index is 14.3. The van der Waals surface area contributed by atoms with Gasteiger partial charge in [0.05, 0.1) is 0 Å². The van der Waals surface area contributed by atoms with Crippen LogP contribution in [0, 0.1) is 0 Å². The second-order valence-corrected chi connectivity index (χ2v) is 19.3. The first kappa shape index (κ1) is 27.6. The first-order valence-corrected chi connectivity index (χ1v) is 18.1. The fraction of sp³-hybridized carbons (Fsp3) is 0. The minimum atomic E-state index is -6.08. The fourth-order valence-corrected chi connectivity index (χ4v) is 14.8. The Balaban J connectivity index is 2.04. The third kappa shape index (κ3) is 5.54. The Labute approximate surface area is 237 Å². The molecule has 4 rings (SSSR count). The van der Waals surface area contributed by atoms with Crippen LogP contribution in [0.3, 0.4) is 0 Å². The molecule has 0 heterocycles. The van der Waals surface area contributed by atoms with E-state index in [9.17, 15) is 19.2 Å². The van der Waals surface area contributed by atoms with Gasteiger partial charge >= 0.3 is 239 Å². The zero-order chi connectivity index (χ0) is 26.7. The molecule has 0 aliphatic heterocycles. The standard InChI is InChI=1S/4C7H4ClO.Sn/c4*8-7-3-1-6(5-9)2-4-7;/h4*1-4H;. The molecule has 0 aliphatic rings. The van der Waals surface area contributed by atoms with Crippen LogP contribution in [-0.2, 0) is 0 Å². The summed E-state index contributed by atoms with van der Waals surface area (Å²) in [4.78, 5) is 57.3. The molecule has 0 spiro atoms. The number of benzene rings is 4. The molecular formula is C28H16Cl4O4Sn. The van der Waals surface area contributed by atoms with E-state index in [1.54, 1.807) is 0 Å². The summed E-state index contributed by atoms with van der Waals surface area (Å²) in [6.07, 6.45) is 0. The molecule has 4 nitrogen and oxygen atoms in total. The first-order valence-electron chi connectivity index (χ1n) is 10.9. The van der Waals surface area contributed by atoms with E-state index >= 15 is 0 Å². The average Bonchev–Trinajstić information content (AvgIpc) is 2.90. The predicted octanol–water partition coefficient (Wildman–Crippen LogP) is 7.74. The molecule has 4 aromatic rings. The average molecular weight is 677 g/mol. The summed E-state index contributed by atoms with van der Waals surface area (Å²) in [6.45, 7) is 0. The third-order valence-electron chi connectivity index (χ3n) is 5.79. The Morgan fingerprint density at radius 2 is 0.514 bits per heavy atom. The summed E-state index contributed by atoms with van der Waals surface area (Å²) in [5.41, 5.74) is 0.193. The van der Waals surface area contributed by atoms with Gasteiger partial charge < -0.3 is 0 Å². The Morgan fingerprint density at radius 1 is 0.351 bits per heavy atom. The van der Waals surface area contributed by atoms with E-state index in [1.165, 1.54) is 97.1 Å². The zero-order valence-corrected chi connectivity index (χ0v) is 24.8. The summed E-state index contributed by atoms with van der Waals surface area (Å²) in [5.74, 6) is 0. The van der Waals surface area contributed by atoms with E-state index in [0.717, 1.165) is 0 Å². The molecule has 0 amide bonds. The van der Waals surface area contributed by atoms with Crippen LogP contribution in [0.2, 0.25) is 20.1 Å². The number of halogens is 4. The van der Waals surface area contributed by atoms with Crippen molar-refractivity contribution in [1.29, 1.82) is 0 Å². The van der Waals surface area contributed by atoms with Crippen molar-refractivity contribution in [2.75, 3.05) is 0 Å².